The third kappa shape index (κ3) is 13.1. The minimum absolute atomic E-state index is 1.11. The molecule has 0 N–H and O–H groups in total. The third-order valence-electron chi connectivity index (χ3n) is 31.9. The molecule has 0 atom stereocenters. The van der Waals surface area contributed by atoms with Crippen molar-refractivity contribution in [3.8, 4) is 67.5 Å². The molecule has 7 heterocycles. The Balaban J connectivity index is 0.000000101. The Kier molecular flexibility index (Phi) is 19.1. The summed E-state index contributed by atoms with van der Waals surface area (Å²) >= 11 is 0. The number of hydrogen-bond acceptors (Lipinski definition) is 1. The Bertz CT molecular complexity index is 10900. The Labute approximate surface area is 861 Å². The van der Waals surface area contributed by atoms with Gasteiger partial charge in [0, 0.05) is 111 Å². The van der Waals surface area contributed by atoms with Gasteiger partial charge in [0.2, 0.25) is 0 Å². The fourth-order valence-corrected chi connectivity index (χ4v) is 25.3. The van der Waals surface area contributed by atoms with Gasteiger partial charge in [0.05, 0.1) is 66.2 Å². The normalized spacial score (nSPS) is 12.0. The van der Waals surface area contributed by atoms with Gasteiger partial charge in [-0.25, -0.2) is 0 Å². The molecule has 0 bridgehead atoms. The molecule has 0 spiro atoms. The monoisotopic (exact) mass is 1900 g/mol. The second-order valence-electron chi connectivity index (χ2n) is 39.8. The molecule has 7 heteroatoms. The van der Waals surface area contributed by atoms with Crippen molar-refractivity contribution in [2.24, 2.45) is 0 Å². The summed E-state index contributed by atoms with van der Waals surface area (Å²) < 4.78 is 14.5. The van der Waals surface area contributed by atoms with Crippen LogP contribution in [-0.4, -0.2) is 32.4 Å². The van der Waals surface area contributed by atoms with Gasteiger partial charge >= 0.3 is 0 Å². The van der Waals surface area contributed by atoms with E-state index >= 15 is 0 Å². The Hall–Kier alpha value is -20.0. The van der Waals surface area contributed by atoms with E-state index in [1.807, 2.05) is 12.4 Å². The number of aromatic nitrogens is 7. The minimum Gasteiger partial charge on any atom is -0.309 e. The topological polar surface area (TPSA) is 42.5 Å². The molecular formula is C143H89N7. The largest absolute Gasteiger partial charge is 0.309 e. The number of hydrogen-bond donors (Lipinski definition) is 0. The summed E-state index contributed by atoms with van der Waals surface area (Å²) in [4.78, 5) is 4.29. The molecule has 0 saturated carbocycles. The molecule has 0 aliphatic carbocycles. The van der Waals surface area contributed by atoms with E-state index in [4.69, 9.17) is 0 Å². The highest BCUT2D eigenvalue weighted by atomic mass is 15.0. The Morgan fingerprint density at radius 1 is 0.0933 bits per heavy atom. The summed E-state index contributed by atoms with van der Waals surface area (Å²) in [5, 5.41) is 38.3. The van der Waals surface area contributed by atoms with Crippen LogP contribution in [0.5, 0.6) is 0 Å². The number of fused-ring (bicyclic) bond motifs is 36. The van der Waals surface area contributed by atoms with Crippen LogP contribution in [0.15, 0.2) is 540 Å². The van der Waals surface area contributed by atoms with Crippen molar-refractivity contribution >= 4 is 228 Å². The van der Waals surface area contributed by atoms with Gasteiger partial charge < -0.3 is 27.4 Å². The summed E-state index contributed by atoms with van der Waals surface area (Å²) in [6.07, 6.45) is 3.73. The van der Waals surface area contributed by atoms with Crippen molar-refractivity contribution in [2.45, 2.75) is 0 Å². The highest BCUT2D eigenvalue weighted by Gasteiger charge is 2.25. The second kappa shape index (κ2) is 33.8. The first-order valence-corrected chi connectivity index (χ1v) is 51.7. The van der Waals surface area contributed by atoms with E-state index in [1.165, 1.54) is 284 Å². The maximum Gasteiger partial charge on any atom is 0.0547 e. The van der Waals surface area contributed by atoms with E-state index in [9.17, 15) is 0 Å². The quantitative estimate of drug-likeness (QED) is 0.133. The summed E-state index contributed by atoms with van der Waals surface area (Å²) in [5.74, 6) is 0. The van der Waals surface area contributed by atoms with Gasteiger partial charge in [-0.15, -0.1) is 0 Å². The Morgan fingerprint density at radius 2 is 0.260 bits per heavy atom. The first-order chi connectivity index (χ1) is 74.4. The number of nitrogens with zero attached hydrogens (tertiary/aromatic N) is 7. The molecule has 33 rings (SSSR count). The molecule has 0 radical (unpaired) electrons. The fraction of sp³-hybridized carbons (Fsp3) is 0. The summed E-state index contributed by atoms with van der Waals surface area (Å²) in [6.45, 7) is 0. The number of para-hydroxylation sites is 8. The number of pyridine rings is 1. The van der Waals surface area contributed by atoms with Crippen molar-refractivity contribution < 1.29 is 0 Å². The summed E-state index contributed by atoms with van der Waals surface area (Å²) in [6, 6.07) is 194. The molecule has 0 fully saturated rings. The van der Waals surface area contributed by atoms with Crippen LogP contribution in [0.25, 0.3) is 295 Å². The lowest BCUT2D eigenvalue weighted by molar-refractivity contribution is 1.16. The lowest BCUT2D eigenvalue weighted by Crippen LogP contribution is -1.95. The average Bonchev–Trinajstić information content (AvgIpc) is 1.46. The number of rotatable bonds is 9. The molecule has 0 amide bonds. The van der Waals surface area contributed by atoms with Crippen molar-refractivity contribution in [1.29, 1.82) is 0 Å². The van der Waals surface area contributed by atoms with Crippen LogP contribution in [-0.2, 0) is 0 Å². The third-order valence-corrected chi connectivity index (χ3v) is 31.9. The molecule has 0 saturated heterocycles. The van der Waals surface area contributed by atoms with Crippen LogP contribution in [0, 0.1) is 0 Å². The van der Waals surface area contributed by atoms with E-state index in [1.54, 1.807) is 0 Å². The van der Waals surface area contributed by atoms with E-state index < -0.39 is 0 Å². The lowest BCUT2D eigenvalue weighted by atomic mass is 9.94. The molecule has 26 aromatic carbocycles. The Morgan fingerprint density at radius 3 is 0.520 bits per heavy atom. The zero-order chi connectivity index (χ0) is 98.3. The predicted octanol–water partition coefficient (Wildman–Crippen LogP) is 38.4. The van der Waals surface area contributed by atoms with Crippen LogP contribution < -0.4 is 0 Å². The van der Waals surface area contributed by atoms with Gasteiger partial charge in [-0.2, -0.15) is 0 Å². The van der Waals surface area contributed by atoms with E-state index in [-0.39, 0.29) is 0 Å². The maximum absolute atomic E-state index is 4.29. The minimum atomic E-state index is 1.11. The SMILES string of the molecule is c1ccc(-n2c3ccccc3c3cc(-c4ccc5c6ccccc6n(-c6ccc7c8ccccc8c8ccccc8c7c6)c5c4)ccc32)cc1.c1ccc(-n2c3ccccc3c3ccc(-c4ccc5c6ccccc6n(-c6ccc7c8ccccc8c8ccccc8c7c6)c5c4)cc32)cc1.c1ccc2c(c1)c1ccccc1c1cc(-n3c4ccccc4c4ccc(-c5ccc6c7ccccc7n(-c7ccncc7)c6c5)cc43)ccc21. The van der Waals surface area contributed by atoms with Crippen LogP contribution >= 0.6 is 0 Å². The molecule has 33 aromatic rings. The second-order valence-corrected chi connectivity index (χ2v) is 39.8. The van der Waals surface area contributed by atoms with Gasteiger partial charge in [-0.1, -0.05) is 376 Å². The van der Waals surface area contributed by atoms with Crippen molar-refractivity contribution in [3.05, 3.63) is 540 Å². The van der Waals surface area contributed by atoms with Gasteiger partial charge in [0.1, 0.15) is 0 Å². The molecule has 0 aliphatic heterocycles. The highest BCUT2D eigenvalue weighted by molar-refractivity contribution is 6.30. The van der Waals surface area contributed by atoms with Crippen LogP contribution in [0.3, 0.4) is 0 Å². The van der Waals surface area contributed by atoms with Gasteiger partial charge in [-0.3, -0.25) is 4.98 Å². The fourth-order valence-electron chi connectivity index (χ4n) is 25.3. The van der Waals surface area contributed by atoms with Crippen LogP contribution in [0.1, 0.15) is 0 Å². The lowest BCUT2D eigenvalue weighted by Gasteiger charge is -2.14. The van der Waals surface area contributed by atoms with Crippen LogP contribution in [0.2, 0.25) is 0 Å². The molecule has 7 nitrogen and oxygen atoms in total. The average molecular weight is 1910 g/mol. The van der Waals surface area contributed by atoms with Gasteiger partial charge in [-0.05, 0) is 282 Å². The zero-order valence-electron chi connectivity index (χ0n) is 81.5. The molecule has 0 unspecified atom stereocenters. The van der Waals surface area contributed by atoms with E-state index in [0.717, 1.165) is 11.4 Å². The predicted molar refractivity (Wildman–Crippen MR) is 637 cm³/mol. The van der Waals surface area contributed by atoms with Crippen molar-refractivity contribution in [2.75, 3.05) is 0 Å². The summed E-state index contributed by atoms with van der Waals surface area (Å²) in [5.41, 5.74) is 28.6. The molecule has 7 aromatic heterocycles. The van der Waals surface area contributed by atoms with Crippen molar-refractivity contribution in [3.63, 3.8) is 0 Å². The highest BCUT2D eigenvalue weighted by Crippen LogP contribution is 2.48. The standard InChI is InChI=1S/2C48H30N2.C47H29N3/c1-2-12-33(13-3-1)49-46-21-11-9-19-41(46)44-28-31(23-27-47(44)49)32-22-25-42-40-18-8-10-20-45(40)50(48(42)29-32)34-24-26-39-37-16-5-4-14-35(37)36-15-6-7-17-38(36)43(39)30-34;1-2-12-33(13-3-1)49-45-20-10-8-18-40(45)42-25-22-31(28-47(42)49)32-23-26-43-41-19-9-11-21-46(41)50(48(43)29-32)34-24-27-39-37-16-5-4-14-35(37)36-15-6-7-17-38(36)44(39)30-34;1-2-11-36-34(9-1)35-10-3-4-12-37(35)43-29-33(19-22-38(36)43)50-45-16-8-6-14-40(45)42-21-18-31(28-47(42)50)30-17-20-41-39-13-5-7-15-44(39)49(46(41)27-30)32-23-25-48-26-24-32/h2*1-30H;1-29H. The smallest absolute Gasteiger partial charge is 0.0547 e. The molecule has 150 heavy (non-hydrogen) atoms. The van der Waals surface area contributed by atoms with E-state index in [2.05, 4.69) is 560 Å². The summed E-state index contributed by atoms with van der Waals surface area (Å²) in [7, 11) is 0. The van der Waals surface area contributed by atoms with Crippen molar-refractivity contribution in [1.82, 2.24) is 32.4 Å². The van der Waals surface area contributed by atoms with Crippen LogP contribution in [0.4, 0.5) is 0 Å². The number of benzene rings is 26. The first-order valence-electron chi connectivity index (χ1n) is 51.7. The first kappa shape index (κ1) is 84.5. The molecular weight excluding hydrogens is 1820 g/mol. The molecule has 696 valence electrons. The van der Waals surface area contributed by atoms with E-state index in [0.29, 0.717) is 0 Å². The maximum atomic E-state index is 4.29. The van der Waals surface area contributed by atoms with Gasteiger partial charge in [0.25, 0.3) is 0 Å². The molecule has 0 aliphatic rings. The van der Waals surface area contributed by atoms with Gasteiger partial charge in [0.15, 0.2) is 0 Å². The zero-order valence-corrected chi connectivity index (χ0v) is 81.5.